The number of methoxy groups -OCH3 is 2. The molecule has 3 heterocycles. The molecule has 0 saturated carbocycles. The number of halogens is 1. The predicted octanol–water partition coefficient (Wildman–Crippen LogP) is 0.199. The number of cyclic esters (lactones) is 1. The van der Waals surface area contributed by atoms with E-state index in [2.05, 4.69) is 4.90 Å². The summed E-state index contributed by atoms with van der Waals surface area (Å²) in [5, 5.41) is 47.0. The van der Waals surface area contributed by atoms with Crippen LogP contribution >= 0.6 is 0 Å². The Morgan fingerprint density at radius 1 is 0.883 bits per heavy atom. The normalized spacial score (nSPS) is 44.9. The molecule has 3 aliphatic rings. The molecule has 0 bridgehead atoms. The van der Waals surface area contributed by atoms with Crippen molar-refractivity contribution in [1.29, 1.82) is 0 Å². The standard InChI is InChI=1S/C43H81IN3O13/c1-17-31-43(10,52)36(49)26(4)33(45-44-55-20-18-19-46(11)12)24(2)22-42(9,54-16)38(60-40-34(48)30(47(13)14)21-25(3)56-40)27(5)35(28(6)39(51)58-31)59-32-23-41(8,53-15)37(50)29(7)57-32/h24-32,34-38,40,48-50,52H,17-23H2,1-16H3/q-1/t24-,25?,26+,27+,28-,29?,30?,31-,32?,34?,35+,36-,37?,38-,40?,41?,42-,43-/m1/s1. The van der Waals surface area contributed by atoms with Gasteiger partial charge in [0.15, 0.2) is 0 Å². The molecule has 17 heteroatoms. The second kappa shape index (κ2) is 23.0. The van der Waals surface area contributed by atoms with Gasteiger partial charge in [0.2, 0.25) is 0 Å². The van der Waals surface area contributed by atoms with Gasteiger partial charge in [-0.05, 0) is 13.8 Å². The van der Waals surface area contributed by atoms with Gasteiger partial charge in [-0.1, -0.05) is 0 Å². The Labute approximate surface area is 371 Å². The van der Waals surface area contributed by atoms with Gasteiger partial charge in [-0.15, -0.1) is 0 Å². The summed E-state index contributed by atoms with van der Waals surface area (Å²) in [4.78, 5) is 18.5. The maximum atomic E-state index is 14.5. The summed E-state index contributed by atoms with van der Waals surface area (Å²) in [6.07, 6.45) is -7.16. The number of aliphatic hydroxyl groups is 4. The number of carbonyl (C=O) groups excluding carboxylic acids is 1. The molecular formula is C43H81IN3O13-. The van der Waals surface area contributed by atoms with E-state index >= 15 is 0 Å². The molecule has 3 fully saturated rings. The topological polar surface area (TPSA) is 191 Å². The van der Waals surface area contributed by atoms with Crippen molar-refractivity contribution in [2.24, 2.45) is 26.9 Å². The first-order valence-corrected chi connectivity index (χ1v) is 23.6. The summed E-state index contributed by atoms with van der Waals surface area (Å²) in [6.45, 7) is 19.5. The van der Waals surface area contributed by atoms with Crippen molar-refractivity contribution >= 4 is 11.7 Å². The Hall–Kier alpha value is -0.650. The first-order chi connectivity index (χ1) is 27.9. The summed E-state index contributed by atoms with van der Waals surface area (Å²) in [5.74, 6) is -3.35. The quantitative estimate of drug-likeness (QED) is 0.105. The van der Waals surface area contributed by atoms with Gasteiger partial charge in [0.05, 0.1) is 0 Å². The van der Waals surface area contributed by atoms with Crippen LogP contribution in [0.4, 0.5) is 0 Å². The number of carbonyl (C=O) groups is 1. The summed E-state index contributed by atoms with van der Waals surface area (Å²) < 4.78 is 56.0. The van der Waals surface area contributed by atoms with Gasteiger partial charge in [-0.2, -0.15) is 0 Å². The van der Waals surface area contributed by atoms with Gasteiger partial charge < -0.3 is 9.84 Å². The first kappa shape index (κ1) is 53.7. The molecule has 0 aliphatic carbocycles. The second-order valence-electron chi connectivity index (χ2n) is 18.8. The van der Waals surface area contributed by atoms with Gasteiger partial charge >= 0.3 is 336 Å². The number of ether oxygens (including phenoxy) is 7. The van der Waals surface area contributed by atoms with Crippen molar-refractivity contribution in [3.8, 4) is 0 Å². The molecule has 3 rings (SSSR count). The van der Waals surface area contributed by atoms with E-state index in [1.165, 1.54) is 14.0 Å². The van der Waals surface area contributed by atoms with Crippen molar-refractivity contribution in [3.63, 3.8) is 0 Å². The van der Waals surface area contributed by atoms with Crippen LogP contribution in [0.2, 0.25) is 0 Å². The zero-order valence-electron chi connectivity index (χ0n) is 39.3. The zero-order valence-corrected chi connectivity index (χ0v) is 41.5. The van der Waals surface area contributed by atoms with Crippen LogP contribution in [0, 0.1) is 23.7 Å². The Bertz CT molecular complexity index is 1360. The first-order valence-electron chi connectivity index (χ1n) is 21.7. The number of esters is 1. The molecule has 16 nitrogen and oxygen atoms in total. The van der Waals surface area contributed by atoms with Gasteiger partial charge in [0.25, 0.3) is 0 Å². The molecule has 0 aromatic heterocycles. The number of nitrogens with zero attached hydrogens (tertiary/aromatic N) is 3. The van der Waals surface area contributed by atoms with Gasteiger partial charge in [0, 0.05) is 7.11 Å². The number of hydrogen-bond donors (Lipinski definition) is 4. The third kappa shape index (κ3) is 13.0. The van der Waals surface area contributed by atoms with Crippen molar-refractivity contribution in [2.75, 3.05) is 55.6 Å². The van der Waals surface area contributed by atoms with Gasteiger partial charge in [0.1, 0.15) is 6.10 Å². The second-order valence-corrected chi connectivity index (χ2v) is 20.3. The molecule has 0 amide bonds. The number of aliphatic hydroxyl groups excluding tert-OH is 3. The average Bonchev–Trinajstić information content (AvgIpc) is 3.18. The maximum absolute atomic E-state index is 14.5. The third-order valence-electron chi connectivity index (χ3n) is 13.3. The number of rotatable bonds is 14. The molecular weight excluding hydrogens is 893 g/mol. The van der Waals surface area contributed by atoms with Crippen molar-refractivity contribution in [3.05, 3.63) is 0 Å². The van der Waals surface area contributed by atoms with Crippen molar-refractivity contribution in [2.45, 2.75) is 186 Å². The molecule has 354 valence electrons. The van der Waals surface area contributed by atoms with Crippen molar-refractivity contribution in [1.82, 2.24) is 9.80 Å². The predicted molar refractivity (Wildman–Crippen MR) is 223 cm³/mol. The van der Waals surface area contributed by atoms with Gasteiger partial charge in [-0.25, -0.2) is 0 Å². The summed E-state index contributed by atoms with van der Waals surface area (Å²) in [7, 11) is 11.0. The van der Waals surface area contributed by atoms with Gasteiger partial charge in [-0.3, -0.25) is 0 Å². The average molecular weight is 975 g/mol. The number of hydrogen-bond acceptors (Lipinski definition) is 16. The van der Waals surface area contributed by atoms with E-state index in [1.54, 1.807) is 34.8 Å². The SMILES string of the molecule is CC[C@H]1OC(=O)[C@H](C)[C@@H](OC2CC(C)(OC)C(O)C(C)O2)[C@H](C)[C@@H](OC2OC(C)CC(N(C)C)C2O)[C@](C)(OC)C[C@@H](C)C(=N[I-]OCCCN(C)C)[C@H](C)[C@@H](O)[C@]1(C)O. The van der Waals surface area contributed by atoms with Crippen LogP contribution in [0.15, 0.2) is 3.21 Å². The van der Waals surface area contributed by atoms with E-state index in [9.17, 15) is 25.2 Å². The summed E-state index contributed by atoms with van der Waals surface area (Å²) >= 11 is -1.15. The van der Waals surface area contributed by atoms with E-state index in [4.69, 9.17) is 39.4 Å². The van der Waals surface area contributed by atoms with Crippen LogP contribution in [0.1, 0.15) is 101 Å². The summed E-state index contributed by atoms with van der Waals surface area (Å²) in [6, 6.07) is -0.266. The molecule has 8 unspecified atom stereocenters. The van der Waals surface area contributed by atoms with Crippen LogP contribution in [0.3, 0.4) is 0 Å². The van der Waals surface area contributed by atoms with Crippen LogP contribution in [-0.2, 0) is 41.0 Å². The fraction of sp³-hybridized carbons (Fsp3) is 0.953. The summed E-state index contributed by atoms with van der Waals surface area (Å²) in [5.41, 5.74) is -3.42. The molecule has 0 aromatic rings. The molecule has 0 spiro atoms. The third-order valence-corrected chi connectivity index (χ3v) is 14.8. The molecule has 0 radical (unpaired) electrons. The Kier molecular flexibility index (Phi) is 20.6. The molecule has 60 heavy (non-hydrogen) atoms. The fourth-order valence-corrected chi connectivity index (χ4v) is 11.1. The van der Waals surface area contributed by atoms with E-state index in [0.29, 0.717) is 25.2 Å². The molecule has 3 saturated heterocycles. The Balaban J connectivity index is 2.25. The zero-order chi connectivity index (χ0) is 45.5. The minimum absolute atomic E-state index is 0.146. The van der Waals surface area contributed by atoms with Crippen LogP contribution in [0.5, 0.6) is 0 Å². The Morgan fingerprint density at radius 3 is 2.08 bits per heavy atom. The molecule has 3 aliphatic heterocycles. The van der Waals surface area contributed by atoms with Crippen molar-refractivity contribution < 1.29 is 83.3 Å². The minimum atomic E-state index is -1.87. The van der Waals surface area contributed by atoms with Crippen LogP contribution in [0.25, 0.3) is 0 Å². The van der Waals surface area contributed by atoms with E-state index in [1.807, 2.05) is 67.7 Å². The van der Waals surface area contributed by atoms with Crippen LogP contribution in [-0.4, -0.2) is 182 Å². The number of likely N-dealkylation sites (N-methyl/N-ethyl adjacent to an activating group) is 1. The van der Waals surface area contributed by atoms with Crippen LogP contribution < -0.4 is 21.9 Å². The molecule has 0 aromatic carbocycles. The Morgan fingerprint density at radius 2 is 1.52 bits per heavy atom. The van der Waals surface area contributed by atoms with E-state index in [0.717, 1.165) is 13.0 Å². The van der Waals surface area contributed by atoms with E-state index < -0.39 is 118 Å². The monoisotopic (exact) mass is 974 g/mol. The fourth-order valence-electron chi connectivity index (χ4n) is 9.29. The molecule has 4 N–H and O–H groups in total. The van der Waals surface area contributed by atoms with E-state index in [-0.39, 0.29) is 30.9 Å². The molecule has 18 atom stereocenters.